The number of anilines is 1. The molecule has 0 saturated carbocycles. The molecule has 0 aliphatic carbocycles. The highest BCUT2D eigenvalue weighted by Gasteiger charge is 2.36. The van der Waals surface area contributed by atoms with E-state index in [-0.39, 0.29) is 11.8 Å². The van der Waals surface area contributed by atoms with Crippen LogP contribution in [0.25, 0.3) is 0 Å². The third kappa shape index (κ3) is 2.85. The molecule has 0 unspecified atom stereocenters. The average Bonchev–Trinajstić information content (AvgIpc) is 2.70. The van der Waals surface area contributed by atoms with Crippen molar-refractivity contribution in [2.24, 2.45) is 11.8 Å². The Morgan fingerprint density at radius 3 is 2.32 bits per heavy atom. The summed E-state index contributed by atoms with van der Waals surface area (Å²) in [5, 5.41) is 0. The highest BCUT2D eigenvalue weighted by Crippen LogP contribution is 2.30. The number of alkyl halides is 3. The van der Waals surface area contributed by atoms with E-state index >= 15 is 0 Å². The van der Waals surface area contributed by atoms with Crippen molar-refractivity contribution >= 4 is 11.6 Å². The Hall–Kier alpha value is -1.66. The molecule has 4 nitrogen and oxygen atoms in total. The maximum atomic E-state index is 12.3. The summed E-state index contributed by atoms with van der Waals surface area (Å²) in [6, 6.07) is 0. The molecule has 1 fully saturated rings. The highest BCUT2D eigenvalue weighted by atomic mass is 19.4. The molecule has 2 heterocycles. The van der Waals surface area contributed by atoms with Crippen molar-refractivity contribution in [1.82, 2.24) is 9.97 Å². The quantitative estimate of drug-likeness (QED) is 0.831. The highest BCUT2D eigenvalue weighted by molar-refractivity contribution is 5.95. The molecule has 0 spiro atoms. The van der Waals surface area contributed by atoms with Gasteiger partial charge in [-0.25, -0.2) is 9.97 Å². The molecule has 1 aromatic rings. The van der Waals surface area contributed by atoms with Gasteiger partial charge in [-0.3, -0.25) is 4.79 Å². The Kier molecular flexibility index (Phi) is 3.47. The Bertz CT molecular complexity index is 470. The van der Waals surface area contributed by atoms with Gasteiger partial charge in [0, 0.05) is 13.0 Å². The van der Waals surface area contributed by atoms with Gasteiger partial charge in [-0.05, 0) is 11.8 Å². The molecule has 1 aromatic heterocycles. The second-order valence-electron chi connectivity index (χ2n) is 4.98. The van der Waals surface area contributed by atoms with Crippen LogP contribution in [0.2, 0.25) is 0 Å². The summed E-state index contributed by atoms with van der Waals surface area (Å²) < 4.78 is 37.0. The minimum Gasteiger partial charge on any atom is -0.309 e. The Labute approximate surface area is 108 Å². The van der Waals surface area contributed by atoms with Crippen molar-refractivity contribution in [3.8, 4) is 0 Å². The van der Waals surface area contributed by atoms with Crippen molar-refractivity contribution in [1.29, 1.82) is 0 Å². The molecule has 1 amide bonds. The molecule has 0 bridgehead atoms. The molecule has 19 heavy (non-hydrogen) atoms. The topological polar surface area (TPSA) is 46.1 Å². The standard InChI is InChI=1S/C12H14F3N3O/c1-7(2)8-3-10(19)18(6-8)9-4-16-11(17-5-9)12(13,14)15/h4-5,7-8H,3,6H2,1-2H3/t8-/m0/s1. The van der Waals surface area contributed by atoms with Gasteiger partial charge < -0.3 is 4.90 Å². The van der Waals surface area contributed by atoms with Crippen molar-refractivity contribution in [3.63, 3.8) is 0 Å². The van der Waals surface area contributed by atoms with Crippen LogP contribution < -0.4 is 4.90 Å². The van der Waals surface area contributed by atoms with E-state index in [9.17, 15) is 18.0 Å². The fraction of sp³-hybridized carbons (Fsp3) is 0.583. The van der Waals surface area contributed by atoms with Crippen molar-refractivity contribution in [2.75, 3.05) is 11.4 Å². The zero-order valence-corrected chi connectivity index (χ0v) is 10.6. The molecule has 0 radical (unpaired) electrons. The van der Waals surface area contributed by atoms with Gasteiger partial charge in [-0.1, -0.05) is 13.8 Å². The lowest BCUT2D eigenvalue weighted by molar-refractivity contribution is -0.144. The molecule has 1 atom stereocenters. The van der Waals surface area contributed by atoms with E-state index in [0.717, 1.165) is 12.4 Å². The summed E-state index contributed by atoms with van der Waals surface area (Å²) in [6.07, 6.45) is -2.04. The number of nitrogens with zero attached hydrogens (tertiary/aromatic N) is 3. The predicted molar refractivity (Wildman–Crippen MR) is 62.3 cm³/mol. The van der Waals surface area contributed by atoms with Gasteiger partial charge in [0.05, 0.1) is 18.1 Å². The van der Waals surface area contributed by atoms with Crippen LogP contribution in [0.3, 0.4) is 0 Å². The summed E-state index contributed by atoms with van der Waals surface area (Å²) in [5.41, 5.74) is 0.321. The Balaban J connectivity index is 2.17. The van der Waals surface area contributed by atoms with Gasteiger partial charge >= 0.3 is 6.18 Å². The number of carbonyl (C=O) groups excluding carboxylic acids is 1. The summed E-state index contributed by atoms with van der Waals surface area (Å²) in [6.45, 7) is 4.54. The minimum absolute atomic E-state index is 0.0953. The molecule has 1 aliphatic heterocycles. The van der Waals surface area contributed by atoms with E-state index in [2.05, 4.69) is 9.97 Å². The lowest BCUT2D eigenvalue weighted by Gasteiger charge is -2.17. The average molecular weight is 273 g/mol. The minimum atomic E-state index is -4.56. The van der Waals surface area contributed by atoms with E-state index in [0.29, 0.717) is 24.6 Å². The summed E-state index contributed by atoms with van der Waals surface area (Å²) >= 11 is 0. The largest absolute Gasteiger partial charge is 0.451 e. The first-order valence-corrected chi connectivity index (χ1v) is 5.98. The van der Waals surface area contributed by atoms with E-state index in [1.807, 2.05) is 13.8 Å². The normalized spacial score (nSPS) is 20.4. The smallest absolute Gasteiger partial charge is 0.309 e. The van der Waals surface area contributed by atoms with Crippen LogP contribution in [0.15, 0.2) is 12.4 Å². The fourth-order valence-electron chi connectivity index (χ4n) is 2.04. The van der Waals surface area contributed by atoms with Crippen molar-refractivity contribution in [3.05, 3.63) is 18.2 Å². The van der Waals surface area contributed by atoms with Crippen LogP contribution >= 0.6 is 0 Å². The van der Waals surface area contributed by atoms with E-state index in [1.54, 1.807) is 0 Å². The Morgan fingerprint density at radius 2 is 1.89 bits per heavy atom. The number of halogens is 3. The number of carbonyl (C=O) groups is 1. The van der Waals surface area contributed by atoms with Crippen molar-refractivity contribution < 1.29 is 18.0 Å². The zero-order valence-electron chi connectivity index (χ0n) is 10.6. The van der Waals surface area contributed by atoms with Gasteiger partial charge in [-0.2, -0.15) is 13.2 Å². The molecule has 2 rings (SSSR count). The van der Waals surface area contributed by atoms with Crippen LogP contribution in [0.5, 0.6) is 0 Å². The van der Waals surface area contributed by atoms with Crippen LogP contribution in [-0.4, -0.2) is 22.4 Å². The predicted octanol–water partition coefficient (Wildman–Crippen LogP) is 2.50. The van der Waals surface area contributed by atoms with Gasteiger partial charge in [0.15, 0.2) is 0 Å². The van der Waals surface area contributed by atoms with Crippen LogP contribution in [-0.2, 0) is 11.0 Å². The van der Waals surface area contributed by atoms with Gasteiger partial charge in [0.1, 0.15) is 0 Å². The third-order valence-electron chi connectivity index (χ3n) is 3.30. The van der Waals surface area contributed by atoms with Crippen LogP contribution in [0.4, 0.5) is 18.9 Å². The molecule has 1 saturated heterocycles. The number of rotatable bonds is 2. The van der Waals surface area contributed by atoms with Gasteiger partial charge in [-0.15, -0.1) is 0 Å². The number of aromatic nitrogens is 2. The van der Waals surface area contributed by atoms with Gasteiger partial charge in [0.25, 0.3) is 0 Å². The maximum absolute atomic E-state index is 12.3. The van der Waals surface area contributed by atoms with Crippen LogP contribution in [0.1, 0.15) is 26.1 Å². The molecule has 0 aromatic carbocycles. The van der Waals surface area contributed by atoms with E-state index in [4.69, 9.17) is 0 Å². The molecular weight excluding hydrogens is 259 g/mol. The van der Waals surface area contributed by atoms with Crippen molar-refractivity contribution in [2.45, 2.75) is 26.4 Å². The second kappa shape index (κ2) is 4.79. The summed E-state index contributed by atoms with van der Waals surface area (Å²) in [4.78, 5) is 19.8. The third-order valence-corrected chi connectivity index (χ3v) is 3.30. The van der Waals surface area contributed by atoms with E-state index in [1.165, 1.54) is 4.90 Å². The lowest BCUT2D eigenvalue weighted by Crippen LogP contribution is -2.26. The summed E-state index contributed by atoms with van der Waals surface area (Å²) in [5.74, 6) is -0.718. The zero-order chi connectivity index (χ0) is 14.2. The molecule has 104 valence electrons. The number of amides is 1. The Morgan fingerprint density at radius 1 is 1.32 bits per heavy atom. The monoisotopic (exact) mass is 273 g/mol. The first-order chi connectivity index (χ1) is 8.79. The SMILES string of the molecule is CC(C)[C@H]1CC(=O)N(c2cnc(C(F)(F)F)nc2)C1. The van der Waals surface area contributed by atoms with Crippen LogP contribution in [0, 0.1) is 11.8 Å². The van der Waals surface area contributed by atoms with Gasteiger partial charge in [0.2, 0.25) is 11.7 Å². The second-order valence-corrected chi connectivity index (χ2v) is 4.98. The number of hydrogen-bond acceptors (Lipinski definition) is 3. The molecule has 0 N–H and O–H groups in total. The number of hydrogen-bond donors (Lipinski definition) is 0. The lowest BCUT2D eigenvalue weighted by atomic mass is 9.95. The molecular formula is C12H14F3N3O. The summed E-state index contributed by atoms with van der Waals surface area (Å²) in [7, 11) is 0. The molecule has 1 aliphatic rings. The fourth-order valence-corrected chi connectivity index (χ4v) is 2.04. The molecule has 7 heteroatoms. The van der Waals surface area contributed by atoms with E-state index < -0.39 is 12.0 Å². The maximum Gasteiger partial charge on any atom is 0.451 e. The first-order valence-electron chi connectivity index (χ1n) is 5.98. The first kappa shape index (κ1) is 13.8.